The van der Waals surface area contributed by atoms with Crippen molar-refractivity contribution in [2.45, 2.75) is 53.5 Å². The topological polar surface area (TPSA) is 85.7 Å². The predicted octanol–water partition coefficient (Wildman–Crippen LogP) is 7.21. The number of amides is 2. The fourth-order valence-electron chi connectivity index (χ4n) is 4.82. The monoisotopic (exact) mass is 556 g/mol. The molecule has 0 saturated heterocycles. The van der Waals surface area contributed by atoms with Crippen LogP contribution in [0.15, 0.2) is 77.6 Å². The van der Waals surface area contributed by atoms with Gasteiger partial charge in [0.25, 0.3) is 5.56 Å². The first-order valence-corrected chi connectivity index (χ1v) is 14.4. The van der Waals surface area contributed by atoms with Gasteiger partial charge in [-0.25, -0.2) is 9.78 Å². The lowest BCUT2D eigenvalue weighted by molar-refractivity contribution is 0.176. The maximum absolute atomic E-state index is 14.0. The number of urea groups is 1. The van der Waals surface area contributed by atoms with Crippen LogP contribution in [0.25, 0.3) is 16.6 Å². The number of rotatable bonds is 12. The highest BCUT2D eigenvalue weighted by Gasteiger charge is 2.29. The highest BCUT2D eigenvalue weighted by molar-refractivity contribution is 5.89. The van der Waals surface area contributed by atoms with Crippen molar-refractivity contribution < 1.29 is 14.3 Å². The average Bonchev–Trinajstić information content (AvgIpc) is 2.97. The second-order valence-electron chi connectivity index (χ2n) is 10.2. The van der Waals surface area contributed by atoms with Crippen molar-refractivity contribution in [1.29, 1.82) is 0 Å². The number of hydrogen-bond donors (Lipinski definition) is 1. The van der Waals surface area contributed by atoms with E-state index in [1.165, 1.54) is 0 Å². The van der Waals surface area contributed by atoms with Gasteiger partial charge in [-0.05, 0) is 93.3 Å². The van der Waals surface area contributed by atoms with Crippen LogP contribution in [0.2, 0.25) is 0 Å². The van der Waals surface area contributed by atoms with Crippen LogP contribution in [-0.2, 0) is 0 Å². The van der Waals surface area contributed by atoms with E-state index in [4.69, 9.17) is 14.5 Å². The largest absolute Gasteiger partial charge is 0.494 e. The summed E-state index contributed by atoms with van der Waals surface area (Å²) in [7, 11) is 0. The molecule has 8 nitrogen and oxygen atoms in total. The fourth-order valence-corrected chi connectivity index (χ4v) is 4.82. The Morgan fingerprint density at radius 2 is 1.51 bits per heavy atom. The van der Waals surface area contributed by atoms with Gasteiger partial charge < -0.3 is 19.7 Å². The first-order chi connectivity index (χ1) is 19.9. The van der Waals surface area contributed by atoms with Crippen LogP contribution >= 0.6 is 0 Å². The number of carbonyl (C=O) groups is 1. The molecule has 1 heterocycles. The Labute approximate surface area is 241 Å². The standard InChI is InChI=1S/C33H40N4O4/c1-6-30(36(22-21-23(4)5)33(39)34-24-13-17-26(18-14-24)40-7-2)31-35-29-12-10-9-11-28(29)32(38)37(31)25-15-19-27(20-16-25)41-8-3/h9-20,23,30H,6-8,21-22H2,1-5H3,(H,34,39). The Balaban J connectivity index is 1.80. The molecule has 1 N–H and O–H groups in total. The average molecular weight is 557 g/mol. The van der Waals surface area contributed by atoms with Crippen LogP contribution in [-0.4, -0.2) is 40.2 Å². The summed E-state index contributed by atoms with van der Waals surface area (Å²) in [6, 6.07) is 21.4. The maximum Gasteiger partial charge on any atom is 0.322 e. The van der Waals surface area contributed by atoms with E-state index in [0.29, 0.717) is 60.2 Å². The van der Waals surface area contributed by atoms with Crippen molar-refractivity contribution in [3.05, 3.63) is 89.0 Å². The molecule has 0 aliphatic carbocycles. The van der Waals surface area contributed by atoms with Crippen molar-refractivity contribution in [2.75, 3.05) is 25.1 Å². The van der Waals surface area contributed by atoms with Crippen molar-refractivity contribution in [3.63, 3.8) is 0 Å². The molecule has 1 atom stereocenters. The van der Waals surface area contributed by atoms with Crippen molar-refractivity contribution in [2.24, 2.45) is 5.92 Å². The van der Waals surface area contributed by atoms with Crippen LogP contribution in [0, 0.1) is 5.92 Å². The summed E-state index contributed by atoms with van der Waals surface area (Å²) < 4.78 is 12.8. The highest BCUT2D eigenvalue weighted by atomic mass is 16.5. The van der Waals surface area contributed by atoms with Gasteiger partial charge in [-0.1, -0.05) is 32.9 Å². The van der Waals surface area contributed by atoms with Gasteiger partial charge in [-0.2, -0.15) is 0 Å². The number of ether oxygens (including phenoxy) is 2. The smallest absolute Gasteiger partial charge is 0.322 e. The summed E-state index contributed by atoms with van der Waals surface area (Å²) in [5, 5.41) is 3.57. The van der Waals surface area contributed by atoms with Gasteiger partial charge in [0, 0.05) is 12.2 Å². The molecule has 0 saturated carbocycles. The number of nitrogens with zero attached hydrogens (tertiary/aromatic N) is 3. The number of carbonyl (C=O) groups excluding carboxylic acids is 1. The molecule has 4 aromatic rings. The molecular formula is C33H40N4O4. The summed E-state index contributed by atoms with van der Waals surface area (Å²) >= 11 is 0. The minimum absolute atomic E-state index is 0.177. The first kappa shape index (κ1) is 29.6. The summed E-state index contributed by atoms with van der Waals surface area (Å²) in [5.41, 5.74) is 1.76. The zero-order valence-electron chi connectivity index (χ0n) is 24.6. The molecular weight excluding hydrogens is 516 g/mol. The number of nitrogens with one attached hydrogen (secondary N) is 1. The molecule has 0 aliphatic heterocycles. The second kappa shape index (κ2) is 13.8. The third-order valence-corrected chi connectivity index (χ3v) is 6.89. The number of aromatic nitrogens is 2. The van der Waals surface area contributed by atoms with E-state index in [1.807, 2.05) is 87.5 Å². The summed E-state index contributed by atoms with van der Waals surface area (Å²) in [6.07, 6.45) is 1.37. The van der Waals surface area contributed by atoms with E-state index in [9.17, 15) is 9.59 Å². The van der Waals surface area contributed by atoms with Crippen LogP contribution in [0.3, 0.4) is 0 Å². The summed E-state index contributed by atoms with van der Waals surface area (Å²) in [4.78, 5) is 34.7. The minimum atomic E-state index is -0.458. The number of fused-ring (bicyclic) bond motifs is 1. The van der Waals surface area contributed by atoms with E-state index in [-0.39, 0.29) is 11.6 Å². The molecule has 0 fully saturated rings. The lowest BCUT2D eigenvalue weighted by atomic mass is 10.1. The van der Waals surface area contributed by atoms with Gasteiger partial charge >= 0.3 is 6.03 Å². The van der Waals surface area contributed by atoms with Crippen molar-refractivity contribution in [1.82, 2.24) is 14.5 Å². The van der Waals surface area contributed by atoms with Crippen molar-refractivity contribution >= 4 is 22.6 Å². The Kier molecular flexibility index (Phi) is 10.0. The Morgan fingerprint density at radius 1 is 0.902 bits per heavy atom. The molecule has 0 aliphatic rings. The van der Waals surface area contributed by atoms with Crippen LogP contribution in [0.1, 0.15) is 59.3 Å². The molecule has 8 heteroatoms. The van der Waals surface area contributed by atoms with Gasteiger partial charge in [0.1, 0.15) is 17.3 Å². The first-order valence-electron chi connectivity index (χ1n) is 14.4. The van der Waals surface area contributed by atoms with Crippen LogP contribution in [0.4, 0.5) is 10.5 Å². The number of para-hydroxylation sites is 1. The van der Waals surface area contributed by atoms with Crippen molar-refractivity contribution in [3.8, 4) is 17.2 Å². The Bertz CT molecular complexity index is 1500. The van der Waals surface area contributed by atoms with Gasteiger partial charge in [-0.15, -0.1) is 0 Å². The van der Waals surface area contributed by atoms with Crippen LogP contribution < -0.4 is 20.3 Å². The highest BCUT2D eigenvalue weighted by Crippen LogP contribution is 2.28. The van der Waals surface area contributed by atoms with E-state index < -0.39 is 6.04 Å². The van der Waals surface area contributed by atoms with E-state index in [1.54, 1.807) is 15.5 Å². The lowest BCUT2D eigenvalue weighted by Crippen LogP contribution is -2.41. The third-order valence-electron chi connectivity index (χ3n) is 6.89. The summed E-state index contributed by atoms with van der Waals surface area (Å²) in [6.45, 7) is 11.8. The fraction of sp³-hybridized carbons (Fsp3) is 0.364. The van der Waals surface area contributed by atoms with Gasteiger partial charge in [0.2, 0.25) is 0 Å². The zero-order chi connectivity index (χ0) is 29.4. The molecule has 1 unspecified atom stereocenters. The van der Waals surface area contributed by atoms with Gasteiger partial charge in [-0.3, -0.25) is 9.36 Å². The summed E-state index contributed by atoms with van der Waals surface area (Å²) in [5.74, 6) is 2.37. The molecule has 4 rings (SSSR count). The third kappa shape index (κ3) is 7.06. The van der Waals surface area contributed by atoms with E-state index in [2.05, 4.69) is 19.2 Å². The molecule has 41 heavy (non-hydrogen) atoms. The quantitative estimate of drug-likeness (QED) is 0.199. The maximum atomic E-state index is 14.0. The molecule has 0 bridgehead atoms. The minimum Gasteiger partial charge on any atom is -0.494 e. The Morgan fingerprint density at radius 3 is 2.10 bits per heavy atom. The lowest BCUT2D eigenvalue weighted by Gasteiger charge is -2.33. The predicted molar refractivity (Wildman–Crippen MR) is 164 cm³/mol. The number of hydrogen-bond acceptors (Lipinski definition) is 5. The molecule has 1 aromatic heterocycles. The van der Waals surface area contributed by atoms with Gasteiger partial charge in [0.15, 0.2) is 0 Å². The number of benzene rings is 3. The second-order valence-corrected chi connectivity index (χ2v) is 10.2. The molecule has 3 aromatic carbocycles. The SMILES string of the molecule is CCOc1ccc(NC(=O)N(CCC(C)C)C(CC)c2nc3ccccc3c(=O)n2-c2ccc(OCC)cc2)cc1. The van der Waals surface area contributed by atoms with Gasteiger partial charge in [0.05, 0.1) is 35.8 Å². The Hall–Kier alpha value is -4.33. The molecule has 216 valence electrons. The molecule has 2 amide bonds. The zero-order valence-corrected chi connectivity index (χ0v) is 24.6. The van der Waals surface area contributed by atoms with Crippen LogP contribution in [0.5, 0.6) is 11.5 Å². The van der Waals surface area contributed by atoms with E-state index in [0.717, 1.165) is 17.9 Å². The normalized spacial score (nSPS) is 11.9. The van der Waals surface area contributed by atoms with E-state index >= 15 is 0 Å². The molecule has 0 radical (unpaired) electrons. The molecule has 0 spiro atoms. The number of anilines is 1.